The summed E-state index contributed by atoms with van der Waals surface area (Å²) in [6, 6.07) is 8.06. The Hall–Kier alpha value is -3.17. The van der Waals surface area contributed by atoms with Crippen molar-refractivity contribution >= 4 is 28.4 Å². The SMILES string of the molecule is COCCN(C(=O)CN1CC(C)(C)OCC1=O)c1ccc2cc(-c3n[nH]c4c3CCC(C)(C)C4)[nH]c2c1. The smallest absolute Gasteiger partial charge is 0.249 e. The summed E-state index contributed by atoms with van der Waals surface area (Å²) in [5.74, 6) is -0.326. The summed E-state index contributed by atoms with van der Waals surface area (Å²) >= 11 is 0. The number of fused-ring (bicyclic) bond motifs is 2. The fraction of sp³-hybridized carbons (Fsp3) is 0.536. The maximum absolute atomic E-state index is 13.4. The third-order valence-corrected chi connectivity index (χ3v) is 7.49. The molecule has 2 amide bonds. The average molecular weight is 508 g/mol. The Morgan fingerprint density at radius 1 is 1.24 bits per heavy atom. The van der Waals surface area contributed by atoms with Crippen molar-refractivity contribution in [3.05, 3.63) is 35.5 Å². The van der Waals surface area contributed by atoms with E-state index >= 15 is 0 Å². The van der Waals surface area contributed by atoms with Crippen molar-refractivity contribution in [2.24, 2.45) is 5.41 Å². The second-order valence-corrected chi connectivity index (χ2v) is 11.7. The Morgan fingerprint density at radius 2 is 2.05 bits per heavy atom. The first-order valence-electron chi connectivity index (χ1n) is 13.0. The second-order valence-electron chi connectivity index (χ2n) is 11.7. The number of hydrogen-bond acceptors (Lipinski definition) is 5. The summed E-state index contributed by atoms with van der Waals surface area (Å²) in [6.45, 7) is 9.59. The van der Waals surface area contributed by atoms with Crippen LogP contribution in [0.15, 0.2) is 24.3 Å². The standard InChI is InChI=1S/C28H37N5O4/c1-27(2)9-8-20-23(14-27)30-31-26(20)22-12-18-6-7-19(13-21(18)29-22)33(10-11-36-5)24(34)15-32-17-28(3,4)37-16-25(32)35/h6-7,12-13,29H,8-11,14-17H2,1-5H3,(H,30,31). The number of carbonyl (C=O) groups excluding carboxylic acids is 2. The molecule has 0 saturated carbocycles. The largest absolute Gasteiger partial charge is 0.383 e. The van der Waals surface area contributed by atoms with E-state index in [1.165, 1.54) is 11.3 Å². The normalized spacial score (nSPS) is 18.7. The van der Waals surface area contributed by atoms with E-state index < -0.39 is 5.60 Å². The van der Waals surface area contributed by atoms with Gasteiger partial charge >= 0.3 is 0 Å². The number of morpholine rings is 1. The monoisotopic (exact) mass is 507 g/mol. The van der Waals surface area contributed by atoms with Crippen LogP contribution in [0.4, 0.5) is 5.69 Å². The van der Waals surface area contributed by atoms with E-state index in [4.69, 9.17) is 9.47 Å². The van der Waals surface area contributed by atoms with Crippen molar-refractivity contribution < 1.29 is 19.1 Å². The Labute approximate surface area is 217 Å². The minimum Gasteiger partial charge on any atom is -0.383 e. The van der Waals surface area contributed by atoms with Gasteiger partial charge < -0.3 is 24.3 Å². The summed E-state index contributed by atoms with van der Waals surface area (Å²) in [6.07, 6.45) is 3.14. The molecular weight excluding hydrogens is 470 g/mol. The van der Waals surface area contributed by atoms with Crippen molar-refractivity contribution in [1.29, 1.82) is 0 Å². The molecule has 1 fully saturated rings. The lowest BCUT2D eigenvalue weighted by Crippen LogP contribution is -2.54. The van der Waals surface area contributed by atoms with E-state index in [-0.39, 0.29) is 30.4 Å². The molecule has 1 aliphatic carbocycles. The quantitative estimate of drug-likeness (QED) is 0.508. The number of hydrogen-bond donors (Lipinski definition) is 2. The van der Waals surface area contributed by atoms with Crippen LogP contribution in [0.1, 0.15) is 45.4 Å². The third kappa shape index (κ3) is 5.29. The maximum atomic E-state index is 13.4. The molecule has 1 aliphatic heterocycles. The first kappa shape index (κ1) is 25.5. The molecule has 3 heterocycles. The number of rotatable bonds is 7. The highest BCUT2D eigenvalue weighted by Crippen LogP contribution is 2.38. The van der Waals surface area contributed by atoms with Crippen LogP contribution < -0.4 is 4.90 Å². The molecule has 0 atom stereocenters. The zero-order valence-electron chi connectivity index (χ0n) is 22.4. The lowest BCUT2D eigenvalue weighted by atomic mass is 9.76. The number of methoxy groups -OCH3 is 1. The van der Waals surface area contributed by atoms with Gasteiger partial charge in [-0.25, -0.2) is 0 Å². The Kier molecular flexibility index (Phi) is 6.62. The molecule has 2 aromatic heterocycles. The van der Waals surface area contributed by atoms with E-state index in [2.05, 4.69) is 35.1 Å². The van der Waals surface area contributed by atoms with Crippen molar-refractivity contribution in [3.8, 4) is 11.4 Å². The Bertz CT molecular complexity index is 1320. The highest BCUT2D eigenvalue weighted by molar-refractivity contribution is 5.99. The molecule has 1 aromatic carbocycles. The molecule has 0 radical (unpaired) electrons. The summed E-state index contributed by atoms with van der Waals surface area (Å²) in [5, 5.41) is 8.97. The molecule has 1 saturated heterocycles. The fourth-order valence-corrected chi connectivity index (χ4v) is 5.40. The van der Waals surface area contributed by atoms with Gasteiger partial charge in [0.15, 0.2) is 0 Å². The molecule has 9 nitrogen and oxygen atoms in total. The van der Waals surface area contributed by atoms with E-state index in [0.29, 0.717) is 19.7 Å². The van der Waals surface area contributed by atoms with Crippen LogP contribution >= 0.6 is 0 Å². The van der Waals surface area contributed by atoms with Crippen LogP contribution in [0, 0.1) is 5.41 Å². The summed E-state index contributed by atoms with van der Waals surface area (Å²) < 4.78 is 10.9. The van der Waals surface area contributed by atoms with Crippen LogP contribution in [0.3, 0.4) is 0 Å². The molecule has 9 heteroatoms. The Balaban J connectivity index is 1.40. The third-order valence-electron chi connectivity index (χ3n) is 7.49. The highest BCUT2D eigenvalue weighted by Gasteiger charge is 2.34. The second kappa shape index (κ2) is 9.61. The van der Waals surface area contributed by atoms with Crippen molar-refractivity contribution in [1.82, 2.24) is 20.1 Å². The molecule has 2 aliphatic rings. The number of aromatic nitrogens is 3. The Morgan fingerprint density at radius 3 is 2.84 bits per heavy atom. The number of aromatic amines is 2. The predicted molar refractivity (Wildman–Crippen MR) is 143 cm³/mol. The van der Waals surface area contributed by atoms with Gasteiger partial charge in [-0.2, -0.15) is 5.10 Å². The van der Waals surface area contributed by atoms with Gasteiger partial charge in [0.05, 0.1) is 17.9 Å². The zero-order chi connectivity index (χ0) is 26.4. The van der Waals surface area contributed by atoms with Crippen molar-refractivity contribution in [2.45, 2.75) is 52.6 Å². The summed E-state index contributed by atoms with van der Waals surface area (Å²) in [7, 11) is 1.61. The van der Waals surface area contributed by atoms with Gasteiger partial charge in [-0.1, -0.05) is 19.9 Å². The summed E-state index contributed by atoms with van der Waals surface area (Å²) in [5.41, 5.74) is 5.96. The number of nitrogens with one attached hydrogen (secondary N) is 2. The molecule has 0 spiro atoms. The predicted octanol–water partition coefficient (Wildman–Crippen LogP) is 3.69. The van der Waals surface area contributed by atoms with E-state index in [9.17, 15) is 9.59 Å². The lowest BCUT2D eigenvalue weighted by molar-refractivity contribution is -0.160. The molecule has 2 N–H and O–H groups in total. The van der Waals surface area contributed by atoms with E-state index in [1.54, 1.807) is 16.9 Å². The van der Waals surface area contributed by atoms with Crippen LogP contribution in [-0.2, 0) is 31.9 Å². The topological polar surface area (TPSA) is 104 Å². The minimum atomic E-state index is -0.480. The first-order valence-corrected chi connectivity index (χ1v) is 13.0. The van der Waals surface area contributed by atoms with Crippen LogP contribution in [0.2, 0.25) is 0 Å². The molecule has 5 rings (SSSR count). The molecule has 3 aromatic rings. The van der Waals surface area contributed by atoms with Gasteiger partial charge in [0.2, 0.25) is 11.8 Å². The molecule has 37 heavy (non-hydrogen) atoms. The van der Waals surface area contributed by atoms with Gasteiger partial charge in [-0.05, 0) is 56.7 Å². The number of ether oxygens (including phenoxy) is 2. The average Bonchev–Trinajstić information content (AvgIpc) is 3.44. The number of H-pyrrole nitrogens is 2. The molecule has 198 valence electrons. The van der Waals surface area contributed by atoms with Gasteiger partial charge in [-0.15, -0.1) is 0 Å². The van der Waals surface area contributed by atoms with Gasteiger partial charge in [0.1, 0.15) is 18.8 Å². The number of benzene rings is 1. The first-order chi connectivity index (χ1) is 17.5. The summed E-state index contributed by atoms with van der Waals surface area (Å²) in [4.78, 5) is 32.6. The van der Waals surface area contributed by atoms with Crippen molar-refractivity contribution in [2.75, 3.05) is 44.9 Å². The zero-order valence-corrected chi connectivity index (χ0v) is 22.4. The van der Waals surface area contributed by atoms with E-state index in [1.807, 2.05) is 32.0 Å². The van der Waals surface area contributed by atoms with Crippen LogP contribution in [0.5, 0.6) is 0 Å². The van der Waals surface area contributed by atoms with E-state index in [0.717, 1.165) is 47.2 Å². The van der Waals surface area contributed by atoms with Crippen molar-refractivity contribution in [3.63, 3.8) is 0 Å². The number of nitrogens with zero attached hydrogens (tertiary/aromatic N) is 3. The van der Waals surface area contributed by atoms with Gasteiger partial charge in [0.25, 0.3) is 0 Å². The molecule has 0 unspecified atom stereocenters. The number of amides is 2. The highest BCUT2D eigenvalue weighted by atomic mass is 16.5. The number of carbonyl (C=O) groups is 2. The van der Waals surface area contributed by atoms with Crippen LogP contribution in [-0.4, -0.2) is 77.5 Å². The van der Waals surface area contributed by atoms with Gasteiger partial charge in [0, 0.05) is 48.0 Å². The lowest BCUT2D eigenvalue weighted by Gasteiger charge is -2.38. The van der Waals surface area contributed by atoms with Crippen LogP contribution in [0.25, 0.3) is 22.3 Å². The van der Waals surface area contributed by atoms with Gasteiger partial charge in [-0.3, -0.25) is 14.7 Å². The minimum absolute atomic E-state index is 0.000887. The molecular formula is C28H37N5O4. The maximum Gasteiger partial charge on any atom is 0.249 e. The fourth-order valence-electron chi connectivity index (χ4n) is 5.40. The number of anilines is 1. The molecule has 0 bridgehead atoms.